The number of carbonyl (C=O) groups excluding carboxylic acids is 1. The summed E-state index contributed by atoms with van der Waals surface area (Å²) < 4.78 is 5.07. The van der Waals surface area contributed by atoms with Gasteiger partial charge in [0.15, 0.2) is 0 Å². The standard InChI is InChI=1S/C9H18N2O2/c10-5-1-2-7-13-9(12)8-4-3-6-11-8/h8,11H,1-7,10H2/t8-/m0/s1. The summed E-state index contributed by atoms with van der Waals surface area (Å²) in [6.07, 6.45) is 3.78. The van der Waals surface area contributed by atoms with Crippen molar-refractivity contribution in [2.75, 3.05) is 19.7 Å². The molecular weight excluding hydrogens is 168 g/mol. The summed E-state index contributed by atoms with van der Waals surface area (Å²) in [7, 11) is 0. The molecule has 1 fully saturated rings. The molecule has 4 heteroatoms. The lowest BCUT2D eigenvalue weighted by molar-refractivity contribution is -0.145. The first-order valence-corrected chi connectivity index (χ1v) is 4.94. The van der Waals surface area contributed by atoms with Crippen LogP contribution in [0, 0.1) is 0 Å². The molecule has 0 aromatic rings. The van der Waals surface area contributed by atoms with Crippen LogP contribution in [0.1, 0.15) is 25.7 Å². The van der Waals surface area contributed by atoms with E-state index in [1.165, 1.54) is 0 Å². The van der Waals surface area contributed by atoms with Crippen LogP contribution < -0.4 is 11.1 Å². The number of ether oxygens (including phenoxy) is 1. The molecule has 4 nitrogen and oxygen atoms in total. The van der Waals surface area contributed by atoms with Crippen molar-refractivity contribution in [1.29, 1.82) is 0 Å². The van der Waals surface area contributed by atoms with Crippen molar-refractivity contribution in [1.82, 2.24) is 5.32 Å². The van der Waals surface area contributed by atoms with Gasteiger partial charge >= 0.3 is 5.97 Å². The zero-order valence-electron chi connectivity index (χ0n) is 7.92. The van der Waals surface area contributed by atoms with Crippen LogP contribution in [-0.4, -0.2) is 31.7 Å². The maximum atomic E-state index is 11.3. The van der Waals surface area contributed by atoms with Crippen molar-refractivity contribution in [3.8, 4) is 0 Å². The van der Waals surface area contributed by atoms with E-state index in [0.29, 0.717) is 13.2 Å². The smallest absolute Gasteiger partial charge is 0.323 e. The van der Waals surface area contributed by atoms with E-state index < -0.39 is 0 Å². The summed E-state index contributed by atoms with van der Waals surface area (Å²) in [6, 6.07) is -0.0575. The normalized spacial score (nSPS) is 21.8. The van der Waals surface area contributed by atoms with Gasteiger partial charge < -0.3 is 15.8 Å². The fraction of sp³-hybridized carbons (Fsp3) is 0.889. The number of rotatable bonds is 5. The summed E-state index contributed by atoms with van der Waals surface area (Å²) in [4.78, 5) is 11.3. The minimum atomic E-state index is -0.102. The second-order valence-electron chi connectivity index (χ2n) is 3.31. The van der Waals surface area contributed by atoms with Crippen molar-refractivity contribution in [2.24, 2.45) is 5.73 Å². The van der Waals surface area contributed by atoms with Crippen LogP contribution in [0.2, 0.25) is 0 Å². The number of unbranched alkanes of at least 4 members (excludes halogenated alkanes) is 1. The number of hydrogen-bond acceptors (Lipinski definition) is 4. The molecule has 0 unspecified atom stereocenters. The molecule has 0 aromatic carbocycles. The Balaban J connectivity index is 2.03. The lowest BCUT2D eigenvalue weighted by Crippen LogP contribution is -2.32. The minimum absolute atomic E-state index is 0.0575. The Morgan fingerprint density at radius 1 is 1.54 bits per heavy atom. The fourth-order valence-electron chi connectivity index (χ4n) is 1.41. The highest BCUT2D eigenvalue weighted by Gasteiger charge is 2.22. The second kappa shape index (κ2) is 5.94. The van der Waals surface area contributed by atoms with Crippen molar-refractivity contribution >= 4 is 5.97 Å². The molecule has 0 aromatic heterocycles. The summed E-state index contributed by atoms with van der Waals surface area (Å²) >= 11 is 0. The van der Waals surface area contributed by atoms with Crippen molar-refractivity contribution in [3.05, 3.63) is 0 Å². The molecule has 1 aliphatic rings. The molecule has 0 spiro atoms. The molecule has 13 heavy (non-hydrogen) atoms. The summed E-state index contributed by atoms with van der Waals surface area (Å²) in [6.45, 7) is 2.11. The van der Waals surface area contributed by atoms with E-state index in [9.17, 15) is 4.79 Å². The van der Waals surface area contributed by atoms with Gasteiger partial charge in [0.1, 0.15) is 6.04 Å². The molecule has 1 saturated heterocycles. The highest BCUT2D eigenvalue weighted by Crippen LogP contribution is 2.06. The number of nitrogens with two attached hydrogens (primary N) is 1. The SMILES string of the molecule is NCCCCOC(=O)[C@@H]1CCCN1. The molecule has 76 valence electrons. The van der Waals surface area contributed by atoms with Gasteiger partial charge in [0.25, 0.3) is 0 Å². The van der Waals surface area contributed by atoms with Crippen LogP contribution in [-0.2, 0) is 9.53 Å². The van der Waals surface area contributed by atoms with E-state index >= 15 is 0 Å². The van der Waals surface area contributed by atoms with Crippen molar-refractivity contribution < 1.29 is 9.53 Å². The Bertz CT molecular complexity index is 156. The third kappa shape index (κ3) is 3.74. The molecule has 1 heterocycles. The Morgan fingerprint density at radius 2 is 2.38 bits per heavy atom. The average Bonchev–Trinajstić information content (AvgIpc) is 2.65. The van der Waals surface area contributed by atoms with Gasteiger partial charge in [0.2, 0.25) is 0 Å². The van der Waals surface area contributed by atoms with Crippen LogP contribution in [0.5, 0.6) is 0 Å². The monoisotopic (exact) mass is 186 g/mol. The zero-order valence-corrected chi connectivity index (χ0v) is 7.92. The molecule has 0 aliphatic carbocycles. The predicted octanol–water partition coefficient (Wildman–Crippen LogP) is 0.0205. The van der Waals surface area contributed by atoms with Gasteiger partial charge in [0, 0.05) is 0 Å². The topological polar surface area (TPSA) is 64.3 Å². The Morgan fingerprint density at radius 3 is 3.00 bits per heavy atom. The molecular formula is C9H18N2O2. The van der Waals surface area contributed by atoms with Crippen LogP contribution in [0.25, 0.3) is 0 Å². The molecule has 1 atom stereocenters. The van der Waals surface area contributed by atoms with Crippen LogP contribution in [0.3, 0.4) is 0 Å². The van der Waals surface area contributed by atoms with Crippen LogP contribution in [0.4, 0.5) is 0 Å². The lowest BCUT2D eigenvalue weighted by Gasteiger charge is -2.09. The first-order chi connectivity index (χ1) is 6.34. The first kappa shape index (κ1) is 10.5. The highest BCUT2D eigenvalue weighted by molar-refractivity contribution is 5.76. The molecule has 0 saturated carbocycles. The minimum Gasteiger partial charge on any atom is -0.465 e. The summed E-state index contributed by atoms with van der Waals surface area (Å²) in [5.74, 6) is -0.102. The summed E-state index contributed by atoms with van der Waals surface area (Å²) in [5, 5.41) is 3.10. The van der Waals surface area contributed by atoms with E-state index in [1.807, 2.05) is 0 Å². The number of nitrogens with one attached hydrogen (secondary N) is 1. The van der Waals surface area contributed by atoms with E-state index in [4.69, 9.17) is 10.5 Å². The second-order valence-corrected chi connectivity index (χ2v) is 3.31. The third-order valence-corrected chi connectivity index (χ3v) is 2.19. The molecule has 1 rings (SSSR count). The average molecular weight is 186 g/mol. The Hall–Kier alpha value is -0.610. The van der Waals surface area contributed by atoms with Crippen LogP contribution >= 0.6 is 0 Å². The lowest BCUT2D eigenvalue weighted by atomic mass is 10.2. The van der Waals surface area contributed by atoms with Crippen LogP contribution in [0.15, 0.2) is 0 Å². The Labute approximate surface area is 78.8 Å². The summed E-state index contributed by atoms with van der Waals surface area (Å²) in [5.41, 5.74) is 5.31. The van der Waals surface area contributed by atoms with Gasteiger partial charge in [-0.15, -0.1) is 0 Å². The van der Waals surface area contributed by atoms with Gasteiger partial charge in [-0.2, -0.15) is 0 Å². The fourth-order valence-corrected chi connectivity index (χ4v) is 1.41. The highest BCUT2D eigenvalue weighted by atomic mass is 16.5. The van der Waals surface area contributed by atoms with E-state index in [-0.39, 0.29) is 12.0 Å². The molecule has 1 aliphatic heterocycles. The number of esters is 1. The third-order valence-electron chi connectivity index (χ3n) is 2.19. The molecule has 0 bridgehead atoms. The number of hydrogen-bond donors (Lipinski definition) is 2. The van der Waals surface area contributed by atoms with Gasteiger partial charge in [-0.3, -0.25) is 4.79 Å². The van der Waals surface area contributed by atoms with Gasteiger partial charge in [-0.1, -0.05) is 0 Å². The van der Waals surface area contributed by atoms with E-state index in [0.717, 1.165) is 32.2 Å². The maximum absolute atomic E-state index is 11.3. The zero-order chi connectivity index (χ0) is 9.52. The van der Waals surface area contributed by atoms with E-state index in [2.05, 4.69) is 5.32 Å². The molecule has 0 amide bonds. The molecule has 3 N–H and O–H groups in total. The largest absolute Gasteiger partial charge is 0.465 e. The number of carbonyl (C=O) groups is 1. The molecule has 0 radical (unpaired) electrons. The van der Waals surface area contributed by atoms with Crippen molar-refractivity contribution in [3.63, 3.8) is 0 Å². The van der Waals surface area contributed by atoms with Gasteiger partial charge in [0.05, 0.1) is 6.61 Å². The first-order valence-electron chi connectivity index (χ1n) is 4.94. The maximum Gasteiger partial charge on any atom is 0.323 e. The van der Waals surface area contributed by atoms with E-state index in [1.54, 1.807) is 0 Å². The Kier molecular flexibility index (Phi) is 4.78. The predicted molar refractivity (Wildman–Crippen MR) is 50.3 cm³/mol. The quantitative estimate of drug-likeness (QED) is 0.469. The van der Waals surface area contributed by atoms with Gasteiger partial charge in [-0.25, -0.2) is 0 Å². The van der Waals surface area contributed by atoms with Gasteiger partial charge in [-0.05, 0) is 38.8 Å². The van der Waals surface area contributed by atoms with Crippen molar-refractivity contribution in [2.45, 2.75) is 31.7 Å².